The van der Waals surface area contributed by atoms with Crippen LogP contribution in [-0.4, -0.2) is 35.2 Å². The van der Waals surface area contributed by atoms with Crippen LogP contribution in [0.25, 0.3) is 0 Å². The van der Waals surface area contributed by atoms with Gasteiger partial charge >= 0.3 is 0 Å². The summed E-state index contributed by atoms with van der Waals surface area (Å²) in [4.78, 5) is 12.7. The van der Waals surface area contributed by atoms with Crippen LogP contribution in [0, 0.1) is 6.92 Å². The molecule has 4 rings (SSSR count). The Morgan fingerprint density at radius 1 is 0.821 bits per heavy atom. The number of hydrogen-bond acceptors (Lipinski definition) is 6. The predicted molar refractivity (Wildman–Crippen MR) is 151 cm³/mol. The molecular formula is C30H30N2O6S. The number of carbonyl (C=O) groups is 1. The number of carbonyl (C=O) groups excluding carboxylic acids is 1. The van der Waals surface area contributed by atoms with Crippen LogP contribution in [0.1, 0.15) is 11.1 Å². The van der Waals surface area contributed by atoms with Crippen molar-refractivity contribution < 1.29 is 27.4 Å². The van der Waals surface area contributed by atoms with Crippen LogP contribution in [0.15, 0.2) is 102 Å². The number of nitrogens with zero attached hydrogens (tertiary/aromatic N) is 1. The molecule has 0 aliphatic rings. The Morgan fingerprint density at radius 2 is 1.49 bits per heavy atom. The number of ether oxygens (including phenoxy) is 3. The number of sulfonamides is 1. The Kier molecular flexibility index (Phi) is 8.73. The Balaban J connectivity index is 1.50. The van der Waals surface area contributed by atoms with Gasteiger partial charge in [-0.3, -0.25) is 9.10 Å². The highest BCUT2D eigenvalue weighted by atomic mass is 32.2. The molecule has 39 heavy (non-hydrogen) atoms. The lowest BCUT2D eigenvalue weighted by molar-refractivity contribution is -0.118. The Bertz CT molecular complexity index is 1510. The lowest BCUT2D eigenvalue weighted by Gasteiger charge is -2.25. The fraction of sp³-hybridized carbons (Fsp3) is 0.167. The summed E-state index contributed by atoms with van der Waals surface area (Å²) in [5.41, 5.74) is 2.74. The van der Waals surface area contributed by atoms with Crippen LogP contribution in [-0.2, 0) is 21.4 Å². The normalized spacial score (nSPS) is 10.9. The molecule has 4 aromatic rings. The van der Waals surface area contributed by atoms with E-state index in [9.17, 15) is 13.2 Å². The molecule has 0 aliphatic heterocycles. The zero-order valence-corrected chi connectivity index (χ0v) is 22.8. The second-order valence-electron chi connectivity index (χ2n) is 8.71. The number of anilines is 2. The van der Waals surface area contributed by atoms with Gasteiger partial charge in [0.15, 0.2) is 6.61 Å². The van der Waals surface area contributed by atoms with E-state index in [0.29, 0.717) is 28.6 Å². The van der Waals surface area contributed by atoms with Crippen LogP contribution < -0.4 is 23.8 Å². The summed E-state index contributed by atoms with van der Waals surface area (Å²) in [5.74, 6) is 1.09. The predicted octanol–water partition coefficient (Wildman–Crippen LogP) is 5.43. The third-order valence-corrected chi connectivity index (χ3v) is 7.74. The maximum atomic E-state index is 13.6. The van der Waals surface area contributed by atoms with Crippen molar-refractivity contribution in [2.45, 2.75) is 18.4 Å². The minimum absolute atomic E-state index is 0.155. The Hall–Kier alpha value is -4.50. The molecule has 0 radical (unpaired) electrons. The highest BCUT2D eigenvalue weighted by molar-refractivity contribution is 7.92. The van der Waals surface area contributed by atoms with Gasteiger partial charge in [-0.05, 0) is 61.0 Å². The highest BCUT2D eigenvalue weighted by Gasteiger charge is 2.25. The average molecular weight is 547 g/mol. The molecule has 0 saturated heterocycles. The molecule has 0 spiro atoms. The van der Waals surface area contributed by atoms with Gasteiger partial charge in [0.25, 0.3) is 15.9 Å². The molecule has 0 bridgehead atoms. The Labute approximate surface area is 228 Å². The average Bonchev–Trinajstić information content (AvgIpc) is 2.96. The molecule has 4 aromatic carbocycles. The van der Waals surface area contributed by atoms with Gasteiger partial charge in [0.05, 0.1) is 37.0 Å². The molecule has 0 atom stereocenters. The van der Waals surface area contributed by atoms with Crippen molar-refractivity contribution in [1.29, 1.82) is 0 Å². The number of benzene rings is 4. The van der Waals surface area contributed by atoms with Crippen LogP contribution in [0.5, 0.6) is 17.2 Å². The maximum absolute atomic E-state index is 13.6. The summed E-state index contributed by atoms with van der Waals surface area (Å²) in [7, 11) is -0.804. The van der Waals surface area contributed by atoms with Gasteiger partial charge in [0, 0.05) is 6.07 Å². The van der Waals surface area contributed by atoms with Crippen LogP contribution in [0.2, 0.25) is 0 Å². The molecule has 9 heteroatoms. The summed E-state index contributed by atoms with van der Waals surface area (Å²) < 4.78 is 44.8. The monoisotopic (exact) mass is 546 g/mol. The zero-order valence-electron chi connectivity index (χ0n) is 22.0. The highest BCUT2D eigenvalue weighted by Crippen LogP contribution is 2.30. The lowest BCUT2D eigenvalue weighted by Crippen LogP contribution is -2.30. The van der Waals surface area contributed by atoms with Crippen LogP contribution >= 0.6 is 0 Å². The first-order valence-electron chi connectivity index (χ1n) is 12.2. The van der Waals surface area contributed by atoms with Gasteiger partial charge in [-0.15, -0.1) is 0 Å². The van der Waals surface area contributed by atoms with E-state index in [1.165, 1.54) is 18.5 Å². The van der Waals surface area contributed by atoms with E-state index in [2.05, 4.69) is 5.32 Å². The van der Waals surface area contributed by atoms with E-state index < -0.39 is 15.9 Å². The molecular weight excluding hydrogens is 516 g/mol. The van der Waals surface area contributed by atoms with Crippen molar-refractivity contribution in [1.82, 2.24) is 0 Å². The van der Waals surface area contributed by atoms with Crippen molar-refractivity contribution in [2.75, 3.05) is 30.4 Å². The van der Waals surface area contributed by atoms with Crippen molar-refractivity contribution in [3.05, 3.63) is 108 Å². The molecule has 202 valence electrons. The molecule has 0 aromatic heterocycles. The SMILES string of the molecule is COc1ccc(OC)c(NC(=O)COc2ccc(N(Cc3ccccc3)S(=O)(=O)c3ccc(C)cc3)cc2)c1. The fourth-order valence-corrected chi connectivity index (χ4v) is 5.31. The van der Waals surface area contributed by atoms with Gasteiger partial charge < -0.3 is 19.5 Å². The fourth-order valence-electron chi connectivity index (χ4n) is 3.86. The number of amides is 1. The molecule has 0 saturated carbocycles. The van der Waals surface area contributed by atoms with E-state index in [0.717, 1.165) is 11.1 Å². The van der Waals surface area contributed by atoms with E-state index in [1.807, 2.05) is 37.3 Å². The minimum Gasteiger partial charge on any atom is -0.497 e. The van der Waals surface area contributed by atoms with Crippen molar-refractivity contribution in [2.24, 2.45) is 0 Å². The van der Waals surface area contributed by atoms with Gasteiger partial charge in [-0.2, -0.15) is 0 Å². The van der Waals surface area contributed by atoms with Gasteiger partial charge in [-0.25, -0.2) is 8.42 Å². The van der Waals surface area contributed by atoms with E-state index >= 15 is 0 Å². The number of nitrogens with one attached hydrogen (secondary N) is 1. The summed E-state index contributed by atoms with van der Waals surface area (Å²) in [6, 6.07) is 27.8. The molecule has 0 heterocycles. The molecule has 1 amide bonds. The number of hydrogen-bond donors (Lipinski definition) is 1. The number of aryl methyl sites for hydroxylation is 1. The second-order valence-corrected chi connectivity index (χ2v) is 10.6. The van der Waals surface area contributed by atoms with E-state index in [4.69, 9.17) is 14.2 Å². The van der Waals surface area contributed by atoms with Crippen molar-refractivity contribution in [3.63, 3.8) is 0 Å². The maximum Gasteiger partial charge on any atom is 0.264 e. The lowest BCUT2D eigenvalue weighted by atomic mass is 10.2. The third-order valence-electron chi connectivity index (χ3n) is 5.95. The van der Waals surface area contributed by atoms with Crippen molar-refractivity contribution >= 4 is 27.3 Å². The third kappa shape index (κ3) is 6.88. The molecule has 8 nitrogen and oxygen atoms in total. The summed E-state index contributed by atoms with van der Waals surface area (Å²) in [6.45, 7) is 1.81. The number of rotatable bonds is 11. The molecule has 0 fully saturated rings. The quantitative estimate of drug-likeness (QED) is 0.270. The largest absolute Gasteiger partial charge is 0.497 e. The minimum atomic E-state index is -3.85. The molecule has 1 N–H and O–H groups in total. The van der Waals surface area contributed by atoms with E-state index in [-0.39, 0.29) is 18.0 Å². The number of methoxy groups -OCH3 is 2. The van der Waals surface area contributed by atoms with Gasteiger partial charge in [0.1, 0.15) is 17.2 Å². The summed E-state index contributed by atoms with van der Waals surface area (Å²) in [6.07, 6.45) is 0. The topological polar surface area (TPSA) is 94.2 Å². The summed E-state index contributed by atoms with van der Waals surface area (Å²) in [5, 5.41) is 2.75. The first-order chi connectivity index (χ1) is 18.8. The zero-order chi connectivity index (χ0) is 27.8. The summed E-state index contributed by atoms with van der Waals surface area (Å²) >= 11 is 0. The standard InChI is InChI=1S/C30H30N2O6S/c1-22-9-16-27(17-10-22)39(34,35)32(20-23-7-5-4-6-8-23)24-11-13-25(14-12-24)38-21-30(33)31-28-19-26(36-2)15-18-29(28)37-3/h4-19H,20-21H2,1-3H3,(H,31,33). The van der Waals surface area contributed by atoms with E-state index in [1.54, 1.807) is 66.7 Å². The first-order valence-corrected chi connectivity index (χ1v) is 13.6. The Morgan fingerprint density at radius 3 is 2.13 bits per heavy atom. The van der Waals surface area contributed by atoms with Gasteiger partial charge in [0.2, 0.25) is 0 Å². The van der Waals surface area contributed by atoms with Crippen molar-refractivity contribution in [3.8, 4) is 17.2 Å². The molecule has 0 aliphatic carbocycles. The second kappa shape index (κ2) is 12.4. The first kappa shape index (κ1) is 27.5. The van der Waals surface area contributed by atoms with Crippen LogP contribution in [0.3, 0.4) is 0 Å². The smallest absolute Gasteiger partial charge is 0.264 e. The molecule has 0 unspecified atom stereocenters. The van der Waals surface area contributed by atoms with Gasteiger partial charge in [-0.1, -0.05) is 48.0 Å². The van der Waals surface area contributed by atoms with Crippen LogP contribution in [0.4, 0.5) is 11.4 Å².